The van der Waals surface area contributed by atoms with Gasteiger partial charge in [0.1, 0.15) is 12.1 Å². The topological polar surface area (TPSA) is 175 Å². The first-order valence-electron chi connectivity index (χ1n) is 8.69. The van der Waals surface area contributed by atoms with Crippen molar-refractivity contribution >= 4 is 47.3 Å². The lowest BCUT2D eigenvalue weighted by molar-refractivity contribution is -0.143. The van der Waals surface area contributed by atoms with Crippen LogP contribution in [-0.4, -0.2) is 62.8 Å². The Labute approximate surface area is 171 Å². The van der Waals surface area contributed by atoms with Crippen molar-refractivity contribution in [1.29, 1.82) is 0 Å². The third-order valence-corrected chi connectivity index (χ3v) is 4.63. The number of rotatable bonds is 10. The van der Waals surface area contributed by atoms with Crippen molar-refractivity contribution in [2.75, 3.05) is 5.75 Å². The number of thiol groups is 1. The summed E-state index contributed by atoms with van der Waals surface area (Å²) in [6, 6.07) is 3.61. The zero-order chi connectivity index (χ0) is 21.6. The molecule has 0 aliphatic carbocycles. The Bertz CT molecular complexity index is 915. The van der Waals surface area contributed by atoms with Crippen molar-refractivity contribution in [3.63, 3.8) is 0 Å². The van der Waals surface area contributed by atoms with Crippen LogP contribution in [0.3, 0.4) is 0 Å². The quantitative estimate of drug-likeness (QED) is 0.252. The fourth-order valence-corrected chi connectivity index (χ4v) is 3.00. The number of carboxylic acids is 2. The first kappa shape index (κ1) is 22.2. The Morgan fingerprint density at radius 2 is 1.72 bits per heavy atom. The van der Waals surface area contributed by atoms with Crippen LogP contribution in [0, 0.1) is 0 Å². The molecule has 0 aliphatic rings. The minimum Gasteiger partial charge on any atom is -0.481 e. The van der Waals surface area contributed by atoms with Crippen molar-refractivity contribution in [3.8, 4) is 0 Å². The van der Waals surface area contributed by atoms with E-state index in [-0.39, 0.29) is 12.2 Å². The van der Waals surface area contributed by atoms with Crippen LogP contribution in [0.4, 0.5) is 0 Å². The van der Waals surface area contributed by atoms with Gasteiger partial charge in [0, 0.05) is 22.9 Å². The summed E-state index contributed by atoms with van der Waals surface area (Å²) in [5, 5.41) is 23.3. The van der Waals surface area contributed by atoms with Crippen LogP contribution >= 0.6 is 12.6 Å². The molecule has 3 unspecified atom stereocenters. The molecule has 1 aromatic heterocycles. The largest absolute Gasteiger partial charge is 0.481 e. The molecule has 0 fully saturated rings. The predicted octanol–water partition coefficient (Wildman–Crippen LogP) is -0.504. The number of hydrogen-bond acceptors (Lipinski definition) is 6. The first-order chi connectivity index (χ1) is 13.7. The van der Waals surface area contributed by atoms with Crippen LogP contribution in [0.25, 0.3) is 10.9 Å². The highest BCUT2D eigenvalue weighted by molar-refractivity contribution is 7.80. The van der Waals surface area contributed by atoms with Gasteiger partial charge in [-0.25, -0.2) is 4.79 Å². The van der Waals surface area contributed by atoms with Gasteiger partial charge in [-0.2, -0.15) is 12.6 Å². The predicted molar refractivity (Wildman–Crippen MR) is 108 cm³/mol. The lowest BCUT2D eigenvalue weighted by Crippen LogP contribution is -2.55. The molecule has 2 amide bonds. The van der Waals surface area contributed by atoms with Crippen LogP contribution in [0.1, 0.15) is 12.0 Å². The van der Waals surface area contributed by atoms with E-state index in [9.17, 15) is 19.2 Å². The average Bonchev–Trinajstić information content (AvgIpc) is 3.07. The van der Waals surface area contributed by atoms with Crippen LogP contribution in [0.2, 0.25) is 0 Å². The van der Waals surface area contributed by atoms with Crippen LogP contribution in [-0.2, 0) is 25.6 Å². The van der Waals surface area contributed by atoms with E-state index >= 15 is 0 Å². The Morgan fingerprint density at radius 1 is 1.07 bits per heavy atom. The number of carbonyl (C=O) groups excluding carboxylic acids is 2. The van der Waals surface area contributed by atoms with E-state index in [0.29, 0.717) is 0 Å². The molecule has 3 atom stereocenters. The molecule has 0 radical (unpaired) electrons. The SMILES string of the molecule is NC(Cc1c[nH]c2ccccc12)C(=O)NC(CC(=O)O)C(=O)NC(CS)C(=O)O. The van der Waals surface area contributed by atoms with Crippen molar-refractivity contribution in [1.82, 2.24) is 15.6 Å². The maximum Gasteiger partial charge on any atom is 0.327 e. The highest BCUT2D eigenvalue weighted by Crippen LogP contribution is 2.18. The number of carboxylic acid groups (broad SMARTS) is 2. The van der Waals surface area contributed by atoms with Crippen molar-refractivity contribution in [3.05, 3.63) is 36.0 Å². The van der Waals surface area contributed by atoms with Gasteiger partial charge in [-0.3, -0.25) is 14.4 Å². The number of amides is 2. The fourth-order valence-electron chi connectivity index (χ4n) is 2.75. The molecule has 2 aromatic rings. The Kier molecular flexibility index (Phi) is 7.62. The van der Waals surface area contributed by atoms with Crippen molar-refractivity contribution < 1.29 is 29.4 Å². The smallest absolute Gasteiger partial charge is 0.327 e. The second kappa shape index (κ2) is 9.94. The van der Waals surface area contributed by atoms with Crippen LogP contribution in [0.5, 0.6) is 0 Å². The van der Waals surface area contributed by atoms with Gasteiger partial charge in [0.15, 0.2) is 0 Å². The first-order valence-corrected chi connectivity index (χ1v) is 9.33. The molecular weight excluding hydrogens is 400 g/mol. The summed E-state index contributed by atoms with van der Waals surface area (Å²) in [6.45, 7) is 0. The van der Waals surface area contributed by atoms with Crippen molar-refractivity contribution in [2.45, 2.75) is 31.0 Å². The van der Waals surface area contributed by atoms with E-state index in [1.54, 1.807) is 6.20 Å². The molecule has 29 heavy (non-hydrogen) atoms. The summed E-state index contributed by atoms with van der Waals surface area (Å²) in [6.07, 6.45) is 1.16. The summed E-state index contributed by atoms with van der Waals surface area (Å²) in [5.41, 5.74) is 7.62. The summed E-state index contributed by atoms with van der Waals surface area (Å²) in [5.74, 6) is -4.54. The summed E-state index contributed by atoms with van der Waals surface area (Å²) < 4.78 is 0. The third-order valence-electron chi connectivity index (χ3n) is 4.26. The molecule has 0 bridgehead atoms. The summed E-state index contributed by atoms with van der Waals surface area (Å²) in [7, 11) is 0. The van der Waals surface area contributed by atoms with Gasteiger partial charge < -0.3 is 31.6 Å². The van der Waals surface area contributed by atoms with Crippen molar-refractivity contribution in [2.24, 2.45) is 5.73 Å². The van der Waals surface area contributed by atoms with E-state index in [1.165, 1.54) is 0 Å². The number of carbonyl (C=O) groups is 4. The van der Waals surface area contributed by atoms with Gasteiger partial charge in [0.25, 0.3) is 0 Å². The number of hydrogen-bond donors (Lipinski definition) is 7. The standard InChI is InChI=1S/C18H22N4O6S/c19-11(5-9-7-20-12-4-2-1-3-10(9)12)16(25)21-13(6-15(23)24)17(26)22-14(8-29)18(27)28/h1-4,7,11,13-14,20,29H,5-6,8,19H2,(H,21,25)(H,22,26)(H,23,24)(H,27,28). The number of aromatic amines is 1. The van der Waals surface area contributed by atoms with Gasteiger partial charge in [0.2, 0.25) is 11.8 Å². The molecule has 0 aliphatic heterocycles. The van der Waals surface area contributed by atoms with Crippen LogP contribution < -0.4 is 16.4 Å². The van der Waals surface area contributed by atoms with E-state index in [2.05, 4.69) is 28.2 Å². The summed E-state index contributed by atoms with van der Waals surface area (Å²) >= 11 is 3.83. The Hall–Kier alpha value is -3.05. The zero-order valence-electron chi connectivity index (χ0n) is 15.3. The number of aromatic nitrogens is 1. The lowest BCUT2D eigenvalue weighted by Gasteiger charge is -2.21. The molecule has 1 heterocycles. The lowest BCUT2D eigenvalue weighted by atomic mass is 10.0. The molecule has 10 nitrogen and oxygen atoms in total. The number of H-pyrrole nitrogens is 1. The highest BCUT2D eigenvalue weighted by Gasteiger charge is 2.29. The number of para-hydroxylation sites is 1. The minimum absolute atomic E-state index is 0.158. The fraction of sp³-hybridized carbons (Fsp3) is 0.333. The molecule has 156 valence electrons. The van der Waals surface area contributed by atoms with Gasteiger partial charge in [-0.1, -0.05) is 18.2 Å². The highest BCUT2D eigenvalue weighted by atomic mass is 32.1. The van der Waals surface area contributed by atoms with E-state index in [4.69, 9.17) is 15.9 Å². The molecular formula is C18H22N4O6S. The van der Waals surface area contributed by atoms with Gasteiger partial charge >= 0.3 is 11.9 Å². The Balaban J connectivity index is 2.07. The molecule has 7 N–H and O–H groups in total. The van der Waals surface area contributed by atoms with E-state index in [0.717, 1.165) is 16.5 Å². The van der Waals surface area contributed by atoms with Gasteiger partial charge in [-0.05, 0) is 18.1 Å². The number of nitrogens with two attached hydrogens (primary N) is 1. The Morgan fingerprint density at radius 3 is 2.34 bits per heavy atom. The number of fused-ring (bicyclic) bond motifs is 1. The maximum atomic E-state index is 12.4. The molecule has 0 saturated heterocycles. The second-order valence-electron chi connectivity index (χ2n) is 6.41. The molecule has 1 aromatic carbocycles. The molecule has 2 rings (SSSR count). The van der Waals surface area contributed by atoms with Crippen LogP contribution in [0.15, 0.2) is 30.5 Å². The number of benzene rings is 1. The zero-order valence-corrected chi connectivity index (χ0v) is 16.2. The van der Waals surface area contributed by atoms with E-state index < -0.39 is 48.3 Å². The monoisotopic (exact) mass is 422 g/mol. The molecule has 0 spiro atoms. The normalized spacial score (nSPS) is 14.0. The maximum absolute atomic E-state index is 12.4. The second-order valence-corrected chi connectivity index (χ2v) is 6.78. The number of aliphatic carboxylic acids is 2. The minimum atomic E-state index is -1.48. The third kappa shape index (κ3) is 5.96. The molecule has 0 saturated carbocycles. The molecule has 11 heteroatoms. The number of nitrogens with one attached hydrogen (secondary N) is 3. The summed E-state index contributed by atoms with van der Waals surface area (Å²) in [4.78, 5) is 49.9. The average molecular weight is 422 g/mol. The van der Waals surface area contributed by atoms with Gasteiger partial charge in [0.05, 0.1) is 12.5 Å². The van der Waals surface area contributed by atoms with E-state index in [1.807, 2.05) is 24.3 Å². The van der Waals surface area contributed by atoms with Gasteiger partial charge in [-0.15, -0.1) is 0 Å².